The van der Waals surface area contributed by atoms with Gasteiger partial charge < -0.3 is 10.2 Å². The molecule has 2 atom stereocenters. The van der Waals surface area contributed by atoms with Crippen LogP contribution in [0.4, 0.5) is 0 Å². The number of hydrogen-bond acceptors (Lipinski definition) is 5. The maximum Gasteiger partial charge on any atom is 0.191 e. The van der Waals surface area contributed by atoms with E-state index in [9.17, 15) is 24.6 Å². The van der Waals surface area contributed by atoms with Gasteiger partial charge in [0.2, 0.25) is 0 Å². The highest BCUT2D eigenvalue weighted by Gasteiger charge is 2.58. The Morgan fingerprint density at radius 2 is 1.76 bits per heavy atom. The van der Waals surface area contributed by atoms with Crippen molar-refractivity contribution in [2.75, 3.05) is 0 Å². The van der Waals surface area contributed by atoms with E-state index in [0.29, 0.717) is 6.42 Å². The minimum atomic E-state index is -2.31. The van der Waals surface area contributed by atoms with Gasteiger partial charge in [0.1, 0.15) is 11.3 Å². The van der Waals surface area contributed by atoms with Gasteiger partial charge in [0, 0.05) is 12.3 Å². The maximum atomic E-state index is 12.8. The molecule has 0 aromatic heterocycles. The molecule has 0 unspecified atom stereocenters. The molecule has 0 aromatic carbocycles. The lowest BCUT2D eigenvalue weighted by Gasteiger charge is -2.28. The monoisotopic (exact) mass is 350 g/mol. The number of rotatable bonds is 8. The van der Waals surface area contributed by atoms with Crippen molar-refractivity contribution in [1.82, 2.24) is 0 Å². The van der Waals surface area contributed by atoms with E-state index < -0.39 is 46.1 Å². The van der Waals surface area contributed by atoms with E-state index in [0.717, 1.165) is 5.57 Å². The third-order valence-corrected chi connectivity index (χ3v) is 4.57. The Kier molecular flexibility index (Phi) is 6.89. The van der Waals surface area contributed by atoms with E-state index in [1.165, 1.54) is 0 Å². The highest BCUT2D eigenvalue weighted by molar-refractivity contribution is 6.26. The summed E-state index contributed by atoms with van der Waals surface area (Å²) in [6.07, 6.45) is 2.41. The van der Waals surface area contributed by atoms with Crippen LogP contribution >= 0.6 is 0 Å². The second kappa shape index (κ2) is 8.09. The van der Waals surface area contributed by atoms with Crippen LogP contribution in [0.25, 0.3) is 0 Å². The van der Waals surface area contributed by atoms with Crippen LogP contribution in [-0.4, -0.2) is 33.2 Å². The van der Waals surface area contributed by atoms with Crippen LogP contribution in [0.5, 0.6) is 0 Å². The lowest BCUT2D eigenvalue weighted by molar-refractivity contribution is -0.145. The summed E-state index contributed by atoms with van der Waals surface area (Å²) >= 11 is 0. The minimum absolute atomic E-state index is 0.0416. The number of Topliss-reactive ketones (excluding diaryl/α,β-unsaturated/α-hetero) is 3. The second-order valence-electron chi connectivity index (χ2n) is 7.80. The Morgan fingerprint density at radius 1 is 1.20 bits per heavy atom. The van der Waals surface area contributed by atoms with Crippen molar-refractivity contribution < 1.29 is 24.6 Å². The van der Waals surface area contributed by atoms with Crippen molar-refractivity contribution in [2.45, 2.75) is 66.4 Å². The highest BCUT2D eigenvalue weighted by Crippen LogP contribution is 2.42. The van der Waals surface area contributed by atoms with Gasteiger partial charge in [0.25, 0.3) is 0 Å². The highest BCUT2D eigenvalue weighted by atomic mass is 16.3. The summed E-state index contributed by atoms with van der Waals surface area (Å²) in [5, 5.41) is 21.5. The van der Waals surface area contributed by atoms with Crippen LogP contribution in [0.1, 0.15) is 60.8 Å². The normalized spacial score (nSPS) is 23.6. The standard InChI is InChI=1S/C20H30O5/c1-11(2)7-9-14-18(23)16(17(22)13(5)6)19(24)20(14,25)15(21)10-8-12(3)4/h7,12-14,24-25H,8-10H2,1-6H3/t14-,20-/m1/s1. The summed E-state index contributed by atoms with van der Waals surface area (Å²) in [5.41, 5.74) is -1.80. The molecule has 1 rings (SSSR count). The molecule has 0 saturated carbocycles. The molecule has 0 aliphatic heterocycles. The SMILES string of the molecule is CC(C)=CC[C@@H]1C(=O)C(C(=O)C(C)C)=C(O)[C@]1(O)C(=O)CCC(C)C. The van der Waals surface area contributed by atoms with Gasteiger partial charge in [-0.05, 0) is 32.6 Å². The maximum absolute atomic E-state index is 12.8. The van der Waals surface area contributed by atoms with Crippen molar-refractivity contribution in [2.24, 2.45) is 17.8 Å². The molecule has 0 saturated heterocycles. The first-order chi connectivity index (χ1) is 11.4. The molecule has 25 heavy (non-hydrogen) atoms. The quantitative estimate of drug-likeness (QED) is 0.517. The van der Waals surface area contributed by atoms with Gasteiger partial charge in [0.15, 0.2) is 23.0 Å². The Labute approximate surface area is 149 Å². The Hall–Kier alpha value is -1.75. The molecular weight excluding hydrogens is 320 g/mol. The summed E-state index contributed by atoms with van der Waals surface area (Å²) in [4.78, 5) is 37.8. The zero-order chi connectivity index (χ0) is 19.5. The molecule has 0 aromatic rings. The molecule has 2 N–H and O–H groups in total. The third kappa shape index (κ3) is 4.27. The topological polar surface area (TPSA) is 91.7 Å². The van der Waals surface area contributed by atoms with Crippen LogP contribution in [0, 0.1) is 17.8 Å². The van der Waals surface area contributed by atoms with Crippen molar-refractivity contribution in [3.05, 3.63) is 23.0 Å². The van der Waals surface area contributed by atoms with Gasteiger partial charge in [-0.25, -0.2) is 0 Å². The average Bonchev–Trinajstić information content (AvgIpc) is 2.69. The number of aliphatic hydroxyl groups excluding tert-OH is 1. The van der Waals surface area contributed by atoms with E-state index in [-0.39, 0.29) is 18.8 Å². The van der Waals surface area contributed by atoms with Gasteiger partial charge in [0.05, 0.1) is 5.92 Å². The molecule has 0 fully saturated rings. The van der Waals surface area contributed by atoms with Gasteiger partial charge in [-0.2, -0.15) is 0 Å². The number of carbonyl (C=O) groups is 3. The molecule has 1 aliphatic carbocycles. The Bertz CT molecular complexity index is 620. The average molecular weight is 350 g/mol. The van der Waals surface area contributed by atoms with E-state index in [1.54, 1.807) is 19.9 Å². The fourth-order valence-electron chi connectivity index (χ4n) is 2.93. The van der Waals surface area contributed by atoms with E-state index in [1.807, 2.05) is 27.7 Å². The van der Waals surface area contributed by atoms with E-state index >= 15 is 0 Å². The van der Waals surface area contributed by atoms with Crippen LogP contribution in [0.2, 0.25) is 0 Å². The van der Waals surface area contributed by atoms with Gasteiger partial charge in [-0.15, -0.1) is 0 Å². The predicted molar refractivity (Wildman–Crippen MR) is 96.1 cm³/mol. The second-order valence-corrected chi connectivity index (χ2v) is 7.80. The van der Waals surface area contributed by atoms with Gasteiger partial charge in [-0.1, -0.05) is 39.3 Å². The zero-order valence-electron chi connectivity index (χ0n) is 16.0. The van der Waals surface area contributed by atoms with E-state index in [2.05, 4.69) is 0 Å². The smallest absolute Gasteiger partial charge is 0.191 e. The van der Waals surface area contributed by atoms with Crippen molar-refractivity contribution >= 4 is 17.3 Å². The van der Waals surface area contributed by atoms with Crippen LogP contribution in [-0.2, 0) is 14.4 Å². The predicted octanol–water partition coefficient (Wildman–Crippen LogP) is 3.32. The first-order valence-electron chi connectivity index (χ1n) is 8.85. The van der Waals surface area contributed by atoms with E-state index in [4.69, 9.17) is 0 Å². The minimum Gasteiger partial charge on any atom is -0.508 e. The first-order valence-corrected chi connectivity index (χ1v) is 8.85. The summed E-state index contributed by atoms with van der Waals surface area (Å²) in [6, 6.07) is 0. The Morgan fingerprint density at radius 3 is 2.20 bits per heavy atom. The molecule has 0 amide bonds. The number of ketones is 3. The fourth-order valence-corrected chi connectivity index (χ4v) is 2.93. The van der Waals surface area contributed by atoms with Gasteiger partial charge >= 0.3 is 0 Å². The zero-order valence-corrected chi connectivity index (χ0v) is 16.0. The van der Waals surface area contributed by atoms with Crippen molar-refractivity contribution in [1.29, 1.82) is 0 Å². The lowest BCUT2D eigenvalue weighted by atomic mass is 9.80. The number of carbonyl (C=O) groups excluding carboxylic acids is 3. The number of allylic oxidation sites excluding steroid dienone is 3. The largest absolute Gasteiger partial charge is 0.508 e. The summed E-state index contributed by atoms with van der Waals surface area (Å²) < 4.78 is 0. The van der Waals surface area contributed by atoms with Crippen LogP contribution < -0.4 is 0 Å². The van der Waals surface area contributed by atoms with Crippen molar-refractivity contribution in [3.8, 4) is 0 Å². The molecule has 0 radical (unpaired) electrons. The first kappa shape index (κ1) is 21.3. The molecule has 5 nitrogen and oxygen atoms in total. The number of aliphatic hydroxyl groups is 2. The number of hydrogen-bond donors (Lipinski definition) is 2. The molecule has 140 valence electrons. The van der Waals surface area contributed by atoms with Gasteiger partial charge in [-0.3, -0.25) is 14.4 Å². The van der Waals surface area contributed by atoms with Crippen molar-refractivity contribution in [3.63, 3.8) is 0 Å². The van der Waals surface area contributed by atoms with Crippen LogP contribution in [0.3, 0.4) is 0 Å². The molecular formula is C20H30O5. The molecule has 1 aliphatic rings. The fraction of sp³-hybridized carbons (Fsp3) is 0.650. The summed E-state index contributed by atoms with van der Waals surface area (Å²) in [7, 11) is 0. The Balaban J connectivity index is 3.37. The summed E-state index contributed by atoms with van der Waals surface area (Å²) in [5.74, 6) is -3.99. The van der Waals surface area contributed by atoms with Crippen LogP contribution in [0.15, 0.2) is 23.0 Å². The summed E-state index contributed by atoms with van der Waals surface area (Å²) in [6.45, 7) is 10.8. The molecule has 5 heteroatoms. The lowest BCUT2D eigenvalue weighted by Crippen LogP contribution is -2.46. The molecule has 0 heterocycles. The third-order valence-electron chi connectivity index (χ3n) is 4.57. The molecule has 0 bridgehead atoms. The molecule has 0 spiro atoms.